The topological polar surface area (TPSA) is 16.2 Å². The van der Waals surface area contributed by atoms with Gasteiger partial charge in [-0.05, 0) is 236 Å². The molecular formula is C109H73N5S5. The Balaban J connectivity index is 0.000000147. The molecule has 0 fully saturated rings. The summed E-state index contributed by atoms with van der Waals surface area (Å²) in [5.74, 6) is 0. The number of nitrogens with zero attached hydrogens (tertiary/aromatic N) is 5. The largest absolute Gasteiger partial charge is 0.310 e. The predicted molar refractivity (Wildman–Crippen MR) is 521 cm³/mol. The minimum Gasteiger partial charge on any atom is -0.310 e. The second-order valence-electron chi connectivity index (χ2n) is 29.9. The van der Waals surface area contributed by atoms with Crippen LogP contribution in [-0.4, -0.2) is 0 Å². The molecule has 0 bridgehead atoms. The fourth-order valence-electron chi connectivity index (χ4n) is 17.4. The number of anilines is 15. The van der Waals surface area contributed by atoms with Gasteiger partial charge in [-0.15, -0.1) is 56.7 Å². The first-order chi connectivity index (χ1) is 58.9. The summed E-state index contributed by atoms with van der Waals surface area (Å²) in [7, 11) is 0. The monoisotopic (exact) mass is 1610 g/mol. The van der Waals surface area contributed by atoms with Gasteiger partial charge >= 0.3 is 0 Å². The molecular weight excluding hydrogens is 1540 g/mol. The Labute approximate surface area is 709 Å². The molecule has 0 aliphatic heterocycles. The number of hydrogen-bond donors (Lipinski definition) is 0. The van der Waals surface area contributed by atoms with Crippen LogP contribution in [0.15, 0.2) is 425 Å². The van der Waals surface area contributed by atoms with Crippen molar-refractivity contribution in [1.29, 1.82) is 0 Å². The van der Waals surface area contributed by atoms with Crippen molar-refractivity contribution in [1.82, 2.24) is 0 Å². The van der Waals surface area contributed by atoms with Crippen LogP contribution in [0.3, 0.4) is 0 Å². The van der Waals surface area contributed by atoms with Crippen LogP contribution >= 0.6 is 56.7 Å². The smallest absolute Gasteiger partial charge is 0.0561 e. The summed E-state index contributed by atoms with van der Waals surface area (Å²) in [6.07, 6.45) is 0. The van der Waals surface area contributed by atoms with Crippen molar-refractivity contribution in [3.05, 3.63) is 430 Å². The van der Waals surface area contributed by atoms with Crippen molar-refractivity contribution in [3.8, 4) is 11.1 Å². The van der Waals surface area contributed by atoms with Crippen LogP contribution in [0.5, 0.6) is 0 Å². The summed E-state index contributed by atoms with van der Waals surface area (Å²) in [5.41, 5.74) is 20.4. The van der Waals surface area contributed by atoms with E-state index in [1.807, 2.05) is 56.7 Å². The van der Waals surface area contributed by atoms with Gasteiger partial charge in [-0.2, -0.15) is 0 Å². The number of fused-ring (bicyclic) bond motifs is 15. The maximum Gasteiger partial charge on any atom is 0.0561 e. The zero-order valence-corrected chi connectivity index (χ0v) is 68.8. The van der Waals surface area contributed by atoms with Crippen LogP contribution < -0.4 is 24.5 Å². The molecule has 0 amide bonds. The molecule has 0 saturated carbocycles. The lowest BCUT2D eigenvalue weighted by molar-refractivity contribution is 1.25. The van der Waals surface area contributed by atoms with Gasteiger partial charge in [-0.1, -0.05) is 206 Å². The Morgan fingerprint density at radius 2 is 0.454 bits per heavy atom. The second kappa shape index (κ2) is 30.6. The van der Waals surface area contributed by atoms with Crippen molar-refractivity contribution in [2.24, 2.45) is 0 Å². The number of benzene rings is 18. The Kier molecular flexibility index (Phi) is 18.4. The zero-order valence-electron chi connectivity index (χ0n) is 64.7. The predicted octanol–water partition coefficient (Wildman–Crippen LogP) is 34.5. The fourth-order valence-corrected chi connectivity index (χ4v) is 23.0. The molecule has 119 heavy (non-hydrogen) atoms. The average Bonchev–Trinajstić information content (AvgIpc) is 1.28. The highest BCUT2D eigenvalue weighted by atomic mass is 32.1. The van der Waals surface area contributed by atoms with E-state index in [2.05, 4.69) is 456 Å². The van der Waals surface area contributed by atoms with E-state index in [1.165, 1.54) is 118 Å². The van der Waals surface area contributed by atoms with Gasteiger partial charge in [0, 0.05) is 180 Å². The molecule has 0 radical (unpaired) electrons. The number of hydrogen-bond acceptors (Lipinski definition) is 10. The summed E-state index contributed by atoms with van der Waals surface area (Å²) < 4.78 is 13.0. The fraction of sp³-hybridized carbons (Fsp3) is 0.00917. The van der Waals surface area contributed by atoms with Gasteiger partial charge < -0.3 is 24.5 Å². The summed E-state index contributed by atoms with van der Waals surface area (Å²) in [4.78, 5) is 12.0. The third-order valence-corrected chi connectivity index (χ3v) is 28.6. The van der Waals surface area contributed by atoms with Crippen LogP contribution in [0.2, 0.25) is 0 Å². The molecule has 0 spiro atoms. The molecule has 564 valence electrons. The van der Waals surface area contributed by atoms with Crippen LogP contribution in [0.1, 0.15) is 5.56 Å². The van der Waals surface area contributed by atoms with E-state index >= 15 is 0 Å². The van der Waals surface area contributed by atoms with Gasteiger partial charge in [0.1, 0.15) is 0 Å². The molecule has 0 aliphatic rings. The molecule has 23 aromatic rings. The van der Waals surface area contributed by atoms with Crippen molar-refractivity contribution in [3.63, 3.8) is 0 Å². The van der Waals surface area contributed by atoms with E-state index in [1.54, 1.807) is 0 Å². The van der Waals surface area contributed by atoms with Crippen molar-refractivity contribution < 1.29 is 0 Å². The Morgan fingerprint density at radius 1 is 0.160 bits per heavy atom. The van der Waals surface area contributed by atoms with Gasteiger partial charge in [0.25, 0.3) is 0 Å². The molecule has 0 unspecified atom stereocenters. The van der Waals surface area contributed by atoms with E-state index in [-0.39, 0.29) is 0 Å². The van der Waals surface area contributed by atoms with Gasteiger partial charge in [0.15, 0.2) is 0 Å². The van der Waals surface area contributed by atoms with Crippen LogP contribution in [0, 0.1) is 6.92 Å². The molecule has 18 aromatic carbocycles. The zero-order chi connectivity index (χ0) is 78.9. The highest BCUT2D eigenvalue weighted by Gasteiger charge is 2.27. The molecule has 5 aromatic heterocycles. The lowest BCUT2D eigenvalue weighted by Crippen LogP contribution is -2.14. The second-order valence-corrected chi connectivity index (χ2v) is 35.3. The van der Waals surface area contributed by atoms with E-state index in [4.69, 9.17) is 0 Å². The Bertz CT molecular complexity index is 7640. The van der Waals surface area contributed by atoms with Crippen LogP contribution in [-0.2, 0) is 0 Å². The van der Waals surface area contributed by atoms with E-state index in [0.717, 1.165) is 85.2 Å². The van der Waals surface area contributed by atoms with Gasteiger partial charge in [-0.3, -0.25) is 0 Å². The summed E-state index contributed by atoms with van der Waals surface area (Å²) >= 11 is 9.32. The number of thiophene rings is 5. The van der Waals surface area contributed by atoms with E-state index in [0.29, 0.717) is 0 Å². The number of rotatable bonds is 16. The molecule has 0 saturated heterocycles. The summed E-state index contributed by atoms with van der Waals surface area (Å²) in [5, 5.41) is 12.8. The third-order valence-electron chi connectivity index (χ3n) is 22.7. The number of aryl methyl sites for hydroxylation is 1. The SMILES string of the molecule is Cc1cc(N(c2ccccc2)c2ccc3sc4ccccc4c3c2)cc2c1sc1cccc(-c3ccc(N(c4ccccc4)c4ccccc4)cc3N(c3ccccc3)c3ccccc3)c12.c1ccc(N(c2ccc3sc4ccccc4c3c2)c2ccc3sc4cccc(N(c5ccccc5)c5ccc6sc7ccccc7c6c5)c4c3c2)cc1. The quantitative estimate of drug-likeness (QED) is 0.0955. The standard InChI is InChI=1S/C61H43N3S2.C48H30N2S3/c1-42-38-50(63(45-24-11-4-12-25-45)48-35-37-58-54(39-48)52-30-17-18-32-57(52)65-58)40-55-60-53(31-19-33-59(60)66-61(42)55)51-36-34-49(62(43-20-7-2-8-21-43)44-22-9-3-10-23-44)41-56(51)64(46-26-13-5-14-27-46)47-28-15-6-16-29-47;1-3-12-31(13-4-1)49(33-22-25-44-38(28-33)36-16-7-9-19-42(36)51-44)34-23-27-46-40(30-34)48-41(18-11-21-47(48)53-46)50(32-14-5-2-6-15-32)35-24-26-45-39(29-35)37-17-8-10-20-43(37)52-45/h2-41H,1H3;1-30H. The van der Waals surface area contributed by atoms with Crippen molar-refractivity contribution >= 4 is 243 Å². The lowest BCUT2D eigenvalue weighted by Gasteiger charge is -2.31. The van der Waals surface area contributed by atoms with Crippen molar-refractivity contribution in [2.75, 3.05) is 24.5 Å². The number of para-hydroxylation sites is 7. The first-order valence-corrected chi connectivity index (χ1v) is 44.2. The van der Waals surface area contributed by atoms with Gasteiger partial charge in [-0.25, -0.2) is 0 Å². The molecule has 10 heteroatoms. The minimum atomic E-state index is 1.07. The van der Waals surface area contributed by atoms with Crippen LogP contribution in [0.25, 0.3) is 112 Å². The van der Waals surface area contributed by atoms with Gasteiger partial charge in [0.05, 0.1) is 11.4 Å². The first-order valence-electron chi connectivity index (χ1n) is 40.1. The van der Waals surface area contributed by atoms with Gasteiger partial charge in [0.2, 0.25) is 0 Å². The highest BCUT2D eigenvalue weighted by Crippen LogP contribution is 2.54. The third kappa shape index (κ3) is 13.1. The molecule has 5 nitrogen and oxygen atoms in total. The first kappa shape index (κ1) is 71.6. The maximum absolute atomic E-state index is 2.44. The molecule has 0 aliphatic carbocycles. The van der Waals surface area contributed by atoms with E-state index in [9.17, 15) is 0 Å². The Hall–Kier alpha value is -13.9. The van der Waals surface area contributed by atoms with Crippen molar-refractivity contribution in [2.45, 2.75) is 6.92 Å². The summed E-state index contributed by atoms with van der Waals surface area (Å²) in [6, 6.07) is 155. The normalized spacial score (nSPS) is 11.6. The molecule has 0 atom stereocenters. The lowest BCUT2D eigenvalue weighted by atomic mass is 9.95. The van der Waals surface area contributed by atoms with Crippen LogP contribution in [0.4, 0.5) is 85.3 Å². The van der Waals surface area contributed by atoms with E-state index < -0.39 is 0 Å². The highest BCUT2D eigenvalue weighted by molar-refractivity contribution is 7.27. The molecule has 0 N–H and O–H groups in total. The molecule has 5 heterocycles. The molecule has 23 rings (SSSR count). The average molecular weight is 1610 g/mol. The minimum absolute atomic E-state index is 1.07. The maximum atomic E-state index is 2.44. The summed E-state index contributed by atoms with van der Waals surface area (Å²) in [6.45, 7) is 2.27. The Morgan fingerprint density at radius 3 is 0.891 bits per heavy atom.